The number of hydrogen-bond acceptors (Lipinski definition) is 2. The average molecular weight is 441 g/mol. The largest absolute Gasteiger partial charge is 0.416 e. The van der Waals surface area contributed by atoms with Gasteiger partial charge in [-0.1, -0.05) is 48.5 Å². The van der Waals surface area contributed by atoms with Gasteiger partial charge in [0.25, 0.3) is 5.91 Å². The first-order valence-electron chi connectivity index (χ1n) is 10.3. The standard InChI is InChI=1S/C26H26F3NO2/c1-18-9-14-23(17-19(18)2)30(24(31)25(3,32)21-7-5-4-6-8-21)16-15-20-10-12-22(13-11-20)26(27,28)29/h4-14,17,32H,15-16H2,1-3H3. The summed E-state index contributed by atoms with van der Waals surface area (Å²) >= 11 is 0. The van der Waals surface area contributed by atoms with Crippen molar-refractivity contribution < 1.29 is 23.1 Å². The molecule has 1 unspecified atom stereocenters. The lowest BCUT2D eigenvalue weighted by molar-refractivity contribution is -0.137. The molecule has 6 heteroatoms. The number of hydrogen-bond donors (Lipinski definition) is 1. The van der Waals surface area contributed by atoms with Crippen LogP contribution in [0.15, 0.2) is 72.8 Å². The second-order valence-corrected chi connectivity index (χ2v) is 8.11. The van der Waals surface area contributed by atoms with Crippen molar-refractivity contribution in [2.24, 2.45) is 0 Å². The third-order valence-electron chi connectivity index (χ3n) is 5.71. The summed E-state index contributed by atoms with van der Waals surface area (Å²) in [6.45, 7) is 5.56. The number of carbonyl (C=O) groups excluding carboxylic acids is 1. The average Bonchev–Trinajstić information content (AvgIpc) is 2.76. The van der Waals surface area contributed by atoms with Crippen LogP contribution in [0.1, 0.15) is 34.7 Å². The Bertz CT molecular complexity index is 1070. The molecule has 0 aliphatic carbocycles. The molecule has 0 heterocycles. The fourth-order valence-corrected chi connectivity index (χ4v) is 3.49. The van der Waals surface area contributed by atoms with Crippen molar-refractivity contribution in [2.75, 3.05) is 11.4 Å². The first kappa shape index (κ1) is 23.5. The number of amides is 1. The fourth-order valence-electron chi connectivity index (χ4n) is 3.49. The second kappa shape index (κ2) is 9.17. The van der Waals surface area contributed by atoms with Crippen molar-refractivity contribution in [3.63, 3.8) is 0 Å². The molecule has 0 bridgehead atoms. The van der Waals surface area contributed by atoms with Crippen LogP contribution in [0, 0.1) is 13.8 Å². The number of benzene rings is 3. The molecule has 3 aromatic carbocycles. The molecule has 1 amide bonds. The molecule has 0 fully saturated rings. The van der Waals surface area contributed by atoms with E-state index in [4.69, 9.17) is 0 Å². The number of halogens is 3. The van der Waals surface area contributed by atoms with E-state index < -0.39 is 23.2 Å². The molecule has 1 atom stereocenters. The maximum Gasteiger partial charge on any atom is 0.416 e. The monoisotopic (exact) mass is 441 g/mol. The molecule has 0 aliphatic heterocycles. The zero-order chi connectivity index (χ0) is 23.5. The van der Waals surface area contributed by atoms with Gasteiger partial charge in [0.05, 0.1) is 5.56 Å². The zero-order valence-electron chi connectivity index (χ0n) is 18.3. The fraction of sp³-hybridized carbons (Fsp3) is 0.269. The van der Waals surface area contributed by atoms with E-state index in [1.165, 1.54) is 24.0 Å². The number of aliphatic hydroxyl groups is 1. The first-order chi connectivity index (χ1) is 15.0. The van der Waals surface area contributed by atoms with E-state index in [1.807, 2.05) is 32.0 Å². The molecule has 3 rings (SSSR count). The van der Waals surface area contributed by atoms with Gasteiger partial charge in [-0.15, -0.1) is 0 Å². The van der Waals surface area contributed by atoms with Crippen molar-refractivity contribution in [2.45, 2.75) is 39.0 Å². The van der Waals surface area contributed by atoms with E-state index in [0.29, 0.717) is 23.2 Å². The van der Waals surface area contributed by atoms with Gasteiger partial charge in [-0.3, -0.25) is 4.79 Å². The van der Waals surface area contributed by atoms with E-state index in [-0.39, 0.29) is 6.54 Å². The van der Waals surface area contributed by atoms with Gasteiger partial charge in [0.15, 0.2) is 5.60 Å². The molecule has 0 saturated heterocycles. The van der Waals surface area contributed by atoms with Gasteiger partial charge < -0.3 is 10.0 Å². The van der Waals surface area contributed by atoms with Crippen LogP contribution in [-0.2, 0) is 23.0 Å². The second-order valence-electron chi connectivity index (χ2n) is 8.11. The van der Waals surface area contributed by atoms with Crippen LogP contribution in [0.5, 0.6) is 0 Å². The van der Waals surface area contributed by atoms with Gasteiger partial charge in [-0.05, 0) is 73.7 Å². The Morgan fingerprint density at radius 3 is 2.06 bits per heavy atom. The van der Waals surface area contributed by atoms with Crippen LogP contribution in [0.3, 0.4) is 0 Å². The summed E-state index contributed by atoms with van der Waals surface area (Å²) in [5.74, 6) is -0.501. The van der Waals surface area contributed by atoms with Gasteiger partial charge in [-0.2, -0.15) is 13.2 Å². The molecule has 1 N–H and O–H groups in total. The first-order valence-corrected chi connectivity index (χ1v) is 10.3. The lowest BCUT2D eigenvalue weighted by Crippen LogP contribution is -2.46. The van der Waals surface area contributed by atoms with Crippen molar-refractivity contribution in [1.82, 2.24) is 0 Å². The Balaban J connectivity index is 1.90. The Morgan fingerprint density at radius 1 is 0.875 bits per heavy atom. The van der Waals surface area contributed by atoms with E-state index in [0.717, 1.165) is 23.3 Å². The Kier molecular flexibility index (Phi) is 6.74. The summed E-state index contributed by atoms with van der Waals surface area (Å²) in [7, 11) is 0. The number of aryl methyl sites for hydroxylation is 2. The minimum absolute atomic E-state index is 0.204. The van der Waals surface area contributed by atoms with E-state index in [9.17, 15) is 23.1 Å². The molecule has 3 aromatic rings. The zero-order valence-corrected chi connectivity index (χ0v) is 18.3. The van der Waals surface area contributed by atoms with Crippen molar-refractivity contribution >= 4 is 11.6 Å². The third-order valence-corrected chi connectivity index (χ3v) is 5.71. The molecular weight excluding hydrogens is 415 g/mol. The number of rotatable bonds is 6. The Morgan fingerprint density at radius 2 is 1.50 bits per heavy atom. The van der Waals surface area contributed by atoms with Crippen LogP contribution >= 0.6 is 0 Å². The summed E-state index contributed by atoms with van der Waals surface area (Å²) in [5, 5.41) is 11.1. The number of alkyl halides is 3. The van der Waals surface area contributed by atoms with Gasteiger partial charge in [-0.25, -0.2) is 0 Å². The third kappa shape index (κ3) is 5.19. The SMILES string of the molecule is Cc1ccc(N(CCc2ccc(C(F)(F)F)cc2)C(=O)C(C)(O)c2ccccc2)cc1C. The van der Waals surface area contributed by atoms with Crippen molar-refractivity contribution in [3.8, 4) is 0 Å². The Hall–Kier alpha value is -3.12. The van der Waals surface area contributed by atoms with E-state index >= 15 is 0 Å². The van der Waals surface area contributed by atoms with Gasteiger partial charge in [0.2, 0.25) is 0 Å². The minimum atomic E-state index is -4.39. The summed E-state index contributed by atoms with van der Waals surface area (Å²) in [5.41, 5.74) is 1.34. The highest BCUT2D eigenvalue weighted by molar-refractivity contribution is 5.99. The maximum absolute atomic E-state index is 13.5. The molecule has 0 radical (unpaired) electrons. The van der Waals surface area contributed by atoms with Gasteiger partial charge in [0.1, 0.15) is 0 Å². The lowest BCUT2D eigenvalue weighted by atomic mass is 9.93. The van der Waals surface area contributed by atoms with Crippen LogP contribution in [0.2, 0.25) is 0 Å². The highest BCUT2D eigenvalue weighted by Gasteiger charge is 2.37. The molecule has 32 heavy (non-hydrogen) atoms. The van der Waals surface area contributed by atoms with Gasteiger partial charge in [0, 0.05) is 12.2 Å². The summed E-state index contributed by atoms with van der Waals surface area (Å²) in [4.78, 5) is 15.0. The molecule has 0 aromatic heterocycles. The molecule has 0 saturated carbocycles. The van der Waals surface area contributed by atoms with Crippen LogP contribution < -0.4 is 4.90 Å². The number of carbonyl (C=O) groups is 1. The van der Waals surface area contributed by atoms with E-state index in [2.05, 4.69) is 0 Å². The maximum atomic E-state index is 13.5. The predicted molar refractivity (Wildman–Crippen MR) is 119 cm³/mol. The highest BCUT2D eigenvalue weighted by atomic mass is 19.4. The van der Waals surface area contributed by atoms with Gasteiger partial charge >= 0.3 is 6.18 Å². The smallest absolute Gasteiger partial charge is 0.376 e. The topological polar surface area (TPSA) is 40.5 Å². The molecule has 168 valence electrons. The lowest BCUT2D eigenvalue weighted by Gasteiger charge is -2.32. The predicted octanol–water partition coefficient (Wildman–Crippen LogP) is 5.81. The van der Waals surface area contributed by atoms with Crippen LogP contribution in [0.4, 0.5) is 18.9 Å². The van der Waals surface area contributed by atoms with E-state index in [1.54, 1.807) is 30.3 Å². The Labute approximate surface area is 186 Å². The minimum Gasteiger partial charge on any atom is -0.376 e. The molecule has 0 spiro atoms. The van der Waals surface area contributed by atoms with Crippen LogP contribution in [-0.4, -0.2) is 17.6 Å². The number of anilines is 1. The van der Waals surface area contributed by atoms with Crippen molar-refractivity contribution in [1.29, 1.82) is 0 Å². The molecular formula is C26H26F3NO2. The summed E-state index contributed by atoms with van der Waals surface area (Å²) in [6.07, 6.45) is -4.06. The summed E-state index contributed by atoms with van der Waals surface area (Å²) in [6, 6.07) is 19.2. The van der Waals surface area contributed by atoms with Crippen LogP contribution in [0.25, 0.3) is 0 Å². The molecule has 0 aliphatic rings. The molecule has 3 nitrogen and oxygen atoms in total. The van der Waals surface area contributed by atoms with Crippen molar-refractivity contribution in [3.05, 3.63) is 101 Å². The highest BCUT2D eigenvalue weighted by Crippen LogP contribution is 2.30. The normalized spacial score (nSPS) is 13.5. The summed E-state index contributed by atoms with van der Waals surface area (Å²) < 4.78 is 38.5. The quantitative estimate of drug-likeness (QED) is 0.525. The number of nitrogens with zero attached hydrogens (tertiary/aromatic N) is 1.